The molecular formula is C11H8BrN5O. The van der Waals surface area contributed by atoms with Crippen LogP contribution in [0.15, 0.2) is 39.9 Å². The van der Waals surface area contributed by atoms with Crippen molar-refractivity contribution in [3.05, 3.63) is 45.5 Å². The monoisotopic (exact) mass is 305 g/mol. The topological polar surface area (TPSA) is 89.1 Å². The van der Waals surface area contributed by atoms with Crippen LogP contribution in [0.2, 0.25) is 0 Å². The standard InChI is InChI=1S/C11H8BrN5O/c12-9-8-5-14-16-11(18)17(8)10(15-9)6-2-1-3-7(13)4-6/h1-5H,13H2,(H,16,18). The van der Waals surface area contributed by atoms with Crippen molar-refractivity contribution in [2.24, 2.45) is 0 Å². The minimum atomic E-state index is -0.344. The normalized spacial score (nSPS) is 10.9. The summed E-state index contributed by atoms with van der Waals surface area (Å²) in [6.07, 6.45) is 1.54. The molecule has 0 amide bonds. The van der Waals surface area contributed by atoms with Gasteiger partial charge >= 0.3 is 5.69 Å². The lowest BCUT2D eigenvalue weighted by Crippen LogP contribution is -2.17. The molecule has 1 aromatic carbocycles. The average molecular weight is 306 g/mol. The molecule has 0 unspecified atom stereocenters. The fourth-order valence-electron chi connectivity index (χ4n) is 1.79. The second kappa shape index (κ2) is 3.95. The molecule has 0 atom stereocenters. The molecule has 7 heteroatoms. The highest BCUT2D eigenvalue weighted by Gasteiger charge is 2.13. The van der Waals surface area contributed by atoms with Crippen LogP contribution in [0.4, 0.5) is 5.69 Å². The van der Waals surface area contributed by atoms with Gasteiger partial charge in [-0.15, -0.1) is 0 Å². The fraction of sp³-hybridized carbons (Fsp3) is 0. The van der Waals surface area contributed by atoms with Crippen LogP contribution in [-0.2, 0) is 0 Å². The van der Waals surface area contributed by atoms with Crippen LogP contribution in [0, 0.1) is 0 Å². The van der Waals surface area contributed by atoms with Crippen molar-refractivity contribution in [2.45, 2.75) is 0 Å². The van der Waals surface area contributed by atoms with Gasteiger partial charge in [0.15, 0.2) is 0 Å². The van der Waals surface area contributed by atoms with Crippen LogP contribution in [0.3, 0.4) is 0 Å². The van der Waals surface area contributed by atoms with Gasteiger partial charge in [0.1, 0.15) is 15.9 Å². The fourth-order valence-corrected chi connectivity index (χ4v) is 2.24. The van der Waals surface area contributed by atoms with E-state index in [0.29, 0.717) is 21.6 Å². The Morgan fingerprint density at radius 1 is 1.39 bits per heavy atom. The van der Waals surface area contributed by atoms with Gasteiger partial charge in [-0.2, -0.15) is 5.10 Å². The molecule has 0 aliphatic heterocycles. The summed E-state index contributed by atoms with van der Waals surface area (Å²) in [5.41, 5.74) is 7.39. The number of hydrogen-bond acceptors (Lipinski definition) is 4. The zero-order valence-corrected chi connectivity index (χ0v) is 10.7. The lowest BCUT2D eigenvalue weighted by Gasteiger charge is -2.00. The second-order valence-electron chi connectivity index (χ2n) is 3.75. The van der Waals surface area contributed by atoms with E-state index in [-0.39, 0.29) is 5.69 Å². The number of nitrogen functional groups attached to an aromatic ring is 1. The predicted octanol–water partition coefficient (Wildman–Crippen LogP) is 1.43. The number of aromatic nitrogens is 4. The van der Waals surface area contributed by atoms with Crippen molar-refractivity contribution in [1.29, 1.82) is 0 Å². The molecule has 0 aliphatic carbocycles. The summed E-state index contributed by atoms with van der Waals surface area (Å²) in [7, 11) is 0. The average Bonchev–Trinajstić information content (AvgIpc) is 2.69. The first-order valence-corrected chi connectivity index (χ1v) is 5.93. The molecule has 0 radical (unpaired) electrons. The van der Waals surface area contributed by atoms with E-state index in [2.05, 4.69) is 31.1 Å². The van der Waals surface area contributed by atoms with Gasteiger partial charge in [-0.05, 0) is 28.1 Å². The highest BCUT2D eigenvalue weighted by atomic mass is 79.9. The van der Waals surface area contributed by atoms with E-state index in [0.717, 1.165) is 5.56 Å². The van der Waals surface area contributed by atoms with E-state index >= 15 is 0 Å². The molecule has 0 saturated heterocycles. The Labute approximate surface area is 110 Å². The summed E-state index contributed by atoms with van der Waals surface area (Å²) in [5.74, 6) is 0.521. The Balaban J connectivity index is 2.40. The third kappa shape index (κ3) is 1.60. The molecule has 2 aromatic heterocycles. The van der Waals surface area contributed by atoms with E-state index in [9.17, 15) is 4.79 Å². The van der Waals surface area contributed by atoms with Crippen molar-refractivity contribution in [2.75, 3.05) is 5.73 Å². The number of H-pyrrole nitrogens is 1. The van der Waals surface area contributed by atoms with Gasteiger partial charge in [-0.3, -0.25) is 0 Å². The molecule has 2 heterocycles. The van der Waals surface area contributed by atoms with Crippen LogP contribution in [0.5, 0.6) is 0 Å². The van der Waals surface area contributed by atoms with Gasteiger partial charge in [0, 0.05) is 11.3 Å². The SMILES string of the molecule is Nc1cccc(-c2nc(Br)c3cn[nH]c(=O)n23)c1. The second-order valence-corrected chi connectivity index (χ2v) is 4.50. The quantitative estimate of drug-likeness (QED) is 0.666. The highest BCUT2D eigenvalue weighted by Crippen LogP contribution is 2.24. The third-order valence-corrected chi connectivity index (χ3v) is 3.15. The lowest BCUT2D eigenvalue weighted by atomic mass is 10.2. The molecule has 18 heavy (non-hydrogen) atoms. The summed E-state index contributed by atoms with van der Waals surface area (Å²) in [4.78, 5) is 16.1. The zero-order chi connectivity index (χ0) is 12.7. The van der Waals surface area contributed by atoms with Crippen LogP contribution in [0.25, 0.3) is 16.9 Å². The maximum absolute atomic E-state index is 11.8. The van der Waals surface area contributed by atoms with E-state index < -0.39 is 0 Å². The summed E-state index contributed by atoms with van der Waals surface area (Å²) < 4.78 is 2.02. The molecule has 0 spiro atoms. The van der Waals surface area contributed by atoms with E-state index in [1.165, 1.54) is 10.6 Å². The Bertz CT molecular complexity index is 791. The number of nitrogens with two attached hydrogens (primary N) is 1. The number of rotatable bonds is 1. The van der Waals surface area contributed by atoms with Crippen LogP contribution in [-0.4, -0.2) is 19.6 Å². The Hall–Kier alpha value is -2.15. The van der Waals surface area contributed by atoms with Gasteiger partial charge in [0.05, 0.1) is 6.20 Å². The van der Waals surface area contributed by atoms with Crippen molar-refractivity contribution in [3.63, 3.8) is 0 Å². The van der Waals surface area contributed by atoms with Gasteiger partial charge in [-0.1, -0.05) is 12.1 Å². The number of imidazole rings is 1. The van der Waals surface area contributed by atoms with E-state index in [1.54, 1.807) is 12.1 Å². The first-order valence-electron chi connectivity index (χ1n) is 5.14. The van der Waals surface area contributed by atoms with Crippen LogP contribution < -0.4 is 11.4 Å². The summed E-state index contributed by atoms with van der Waals surface area (Å²) >= 11 is 3.31. The van der Waals surface area contributed by atoms with Crippen molar-refractivity contribution >= 4 is 27.1 Å². The minimum absolute atomic E-state index is 0.344. The lowest BCUT2D eigenvalue weighted by molar-refractivity contribution is 0.889. The van der Waals surface area contributed by atoms with Crippen molar-refractivity contribution < 1.29 is 0 Å². The first-order chi connectivity index (χ1) is 8.66. The third-order valence-electron chi connectivity index (χ3n) is 2.56. The Kier molecular flexibility index (Phi) is 2.41. The molecule has 0 aliphatic rings. The summed E-state index contributed by atoms with van der Waals surface area (Å²) in [5, 5.41) is 6.12. The van der Waals surface area contributed by atoms with Crippen molar-refractivity contribution in [3.8, 4) is 11.4 Å². The first kappa shape index (κ1) is 11.0. The zero-order valence-electron chi connectivity index (χ0n) is 9.09. The van der Waals surface area contributed by atoms with Gasteiger partial charge in [-0.25, -0.2) is 19.3 Å². The van der Waals surface area contributed by atoms with Gasteiger partial charge in [0.2, 0.25) is 0 Å². The summed E-state index contributed by atoms with van der Waals surface area (Å²) in [6.45, 7) is 0. The maximum Gasteiger partial charge on any atom is 0.348 e. The van der Waals surface area contributed by atoms with Gasteiger partial charge in [0.25, 0.3) is 0 Å². The smallest absolute Gasteiger partial charge is 0.348 e. The van der Waals surface area contributed by atoms with E-state index in [1.807, 2.05) is 12.1 Å². The molecule has 3 rings (SSSR count). The van der Waals surface area contributed by atoms with Gasteiger partial charge < -0.3 is 5.73 Å². The number of fused-ring (bicyclic) bond motifs is 1. The summed E-state index contributed by atoms with van der Waals surface area (Å²) in [6, 6.07) is 7.20. The number of anilines is 1. The molecule has 6 nitrogen and oxygen atoms in total. The van der Waals surface area contributed by atoms with Crippen molar-refractivity contribution in [1.82, 2.24) is 19.6 Å². The van der Waals surface area contributed by atoms with E-state index in [4.69, 9.17) is 5.73 Å². The molecule has 0 saturated carbocycles. The molecule has 0 bridgehead atoms. The number of aromatic amines is 1. The van der Waals surface area contributed by atoms with Crippen LogP contribution >= 0.6 is 15.9 Å². The number of nitrogens with zero attached hydrogens (tertiary/aromatic N) is 3. The predicted molar refractivity (Wildman–Crippen MR) is 71.2 cm³/mol. The molecular weight excluding hydrogens is 298 g/mol. The minimum Gasteiger partial charge on any atom is -0.399 e. The largest absolute Gasteiger partial charge is 0.399 e. The number of nitrogens with one attached hydrogen (secondary N) is 1. The Morgan fingerprint density at radius 2 is 2.22 bits per heavy atom. The maximum atomic E-state index is 11.8. The highest BCUT2D eigenvalue weighted by molar-refractivity contribution is 9.10. The molecule has 90 valence electrons. The number of benzene rings is 1. The van der Waals surface area contributed by atoms with Crippen LogP contribution in [0.1, 0.15) is 0 Å². The molecule has 0 fully saturated rings. The number of hydrogen-bond donors (Lipinski definition) is 2. The number of halogens is 1. The Morgan fingerprint density at radius 3 is 3.00 bits per heavy atom. The molecule has 3 N–H and O–H groups in total. The molecule has 3 aromatic rings.